The first kappa shape index (κ1) is 21.5. The van der Waals surface area contributed by atoms with Crippen molar-refractivity contribution in [1.82, 2.24) is 9.80 Å². The highest BCUT2D eigenvalue weighted by atomic mass is 15.1. The van der Waals surface area contributed by atoms with Crippen LogP contribution in [0.25, 0.3) is 0 Å². The molecule has 0 spiro atoms. The van der Waals surface area contributed by atoms with E-state index < -0.39 is 0 Å². The fourth-order valence-corrected chi connectivity index (χ4v) is 2.38. The third-order valence-corrected chi connectivity index (χ3v) is 4.09. The molecule has 0 unspecified atom stereocenters. The van der Waals surface area contributed by atoms with Crippen LogP contribution in [-0.2, 0) is 6.54 Å². The lowest BCUT2D eigenvalue weighted by Crippen LogP contribution is -2.27. The maximum absolute atomic E-state index is 4.19. The van der Waals surface area contributed by atoms with Crippen LogP contribution in [0.4, 0.5) is 5.69 Å². The zero-order chi connectivity index (χ0) is 19.7. The van der Waals surface area contributed by atoms with E-state index in [1.807, 2.05) is 51.3 Å². The minimum Gasteiger partial charge on any atom is -0.378 e. The van der Waals surface area contributed by atoms with Gasteiger partial charge < -0.3 is 9.80 Å². The van der Waals surface area contributed by atoms with Crippen molar-refractivity contribution in [3.05, 3.63) is 91.2 Å². The number of nitrogens with zero attached hydrogens (tertiary/aromatic N) is 3. The Morgan fingerprint density at radius 3 is 1.96 bits per heavy atom. The Balaban J connectivity index is 2.81. The van der Waals surface area contributed by atoms with Gasteiger partial charge in [0, 0.05) is 59.2 Å². The molecule has 0 N–H and O–H groups in total. The van der Waals surface area contributed by atoms with E-state index in [9.17, 15) is 0 Å². The molecule has 140 valence electrons. The highest BCUT2D eigenvalue weighted by Gasteiger charge is 2.08. The summed E-state index contributed by atoms with van der Waals surface area (Å²) >= 11 is 0. The predicted molar refractivity (Wildman–Crippen MR) is 116 cm³/mol. The highest BCUT2D eigenvalue weighted by molar-refractivity contribution is 5.46. The number of hydrogen-bond donors (Lipinski definition) is 0. The van der Waals surface area contributed by atoms with Crippen LogP contribution in [0.1, 0.15) is 5.56 Å². The van der Waals surface area contributed by atoms with E-state index in [0.717, 1.165) is 36.5 Å². The number of allylic oxidation sites excluding steroid dienone is 1. The molecule has 3 nitrogen and oxygen atoms in total. The van der Waals surface area contributed by atoms with Crippen LogP contribution in [0.5, 0.6) is 0 Å². The molecule has 0 saturated carbocycles. The summed E-state index contributed by atoms with van der Waals surface area (Å²) in [6.07, 6.45) is 5.84. The maximum atomic E-state index is 4.19. The molecule has 0 bridgehead atoms. The van der Waals surface area contributed by atoms with E-state index in [2.05, 4.69) is 60.4 Å². The first-order valence-corrected chi connectivity index (χ1v) is 8.74. The Labute approximate surface area is 159 Å². The molecule has 0 fully saturated rings. The standard InChI is InChI=1S/C23H33N3/c1-9-19(2)16-26(17-20(3)10-11-21(4)24(5)6)18-22-12-14-23(15-13-22)25(7)8/h9-15H,1-4,16-18H2,5-8H3. The van der Waals surface area contributed by atoms with Crippen molar-refractivity contribution in [2.45, 2.75) is 6.54 Å². The van der Waals surface area contributed by atoms with Crippen molar-refractivity contribution in [2.24, 2.45) is 0 Å². The van der Waals surface area contributed by atoms with Crippen molar-refractivity contribution in [3.8, 4) is 0 Å². The summed E-state index contributed by atoms with van der Waals surface area (Å²) in [7, 11) is 8.06. The second-order valence-corrected chi connectivity index (χ2v) is 6.95. The Kier molecular flexibility index (Phi) is 8.66. The highest BCUT2D eigenvalue weighted by Crippen LogP contribution is 2.15. The predicted octanol–water partition coefficient (Wildman–Crippen LogP) is 4.48. The zero-order valence-electron chi connectivity index (χ0n) is 16.8. The van der Waals surface area contributed by atoms with Gasteiger partial charge in [0.2, 0.25) is 0 Å². The number of benzene rings is 1. The van der Waals surface area contributed by atoms with E-state index >= 15 is 0 Å². The summed E-state index contributed by atoms with van der Waals surface area (Å²) in [5.74, 6) is 0. The van der Waals surface area contributed by atoms with Crippen LogP contribution in [0.3, 0.4) is 0 Å². The molecular formula is C23H33N3. The average molecular weight is 352 g/mol. The molecule has 0 aromatic heterocycles. The second kappa shape index (κ2) is 10.5. The fourth-order valence-electron chi connectivity index (χ4n) is 2.38. The summed E-state index contributed by atoms with van der Waals surface area (Å²) in [4.78, 5) is 6.40. The topological polar surface area (TPSA) is 9.72 Å². The third-order valence-electron chi connectivity index (χ3n) is 4.09. The first-order chi connectivity index (χ1) is 12.2. The van der Waals surface area contributed by atoms with Crippen LogP contribution < -0.4 is 4.90 Å². The van der Waals surface area contributed by atoms with Gasteiger partial charge in [0.25, 0.3) is 0 Å². The van der Waals surface area contributed by atoms with Gasteiger partial charge in [-0.25, -0.2) is 0 Å². The lowest BCUT2D eigenvalue weighted by Gasteiger charge is -2.23. The monoisotopic (exact) mass is 351 g/mol. The summed E-state index contributed by atoms with van der Waals surface area (Å²) < 4.78 is 0. The van der Waals surface area contributed by atoms with Crippen molar-refractivity contribution >= 4 is 5.69 Å². The van der Waals surface area contributed by atoms with Crippen LogP contribution in [0.2, 0.25) is 0 Å². The lowest BCUT2D eigenvalue weighted by atomic mass is 10.1. The average Bonchev–Trinajstić information content (AvgIpc) is 2.59. The van der Waals surface area contributed by atoms with Gasteiger partial charge in [0.15, 0.2) is 0 Å². The van der Waals surface area contributed by atoms with Crippen LogP contribution in [-0.4, -0.2) is 51.1 Å². The number of rotatable bonds is 11. The van der Waals surface area contributed by atoms with E-state index in [0.29, 0.717) is 0 Å². The molecule has 0 aliphatic rings. The Hall–Kier alpha value is -2.52. The van der Waals surface area contributed by atoms with E-state index in [-0.39, 0.29) is 0 Å². The van der Waals surface area contributed by atoms with Gasteiger partial charge in [0.1, 0.15) is 0 Å². The Morgan fingerprint density at radius 2 is 1.46 bits per heavy atom. The molecule has 0 aliphatic carbocycles. The lowest BCUT2D eigenvalue weighted by molar-refractivity contribution is 0.318. The van der Waals surface area contributed by atoms with Crippen molar-refractivity contribution < 1.29 is 0 Å². The molecule has 0 saturated heterocycles. The molecule has 3 heteroatoms. The molecule has 26 heavy (non-hydrogen) atoms. The molecule has 1 aromatic rings. The van der Waals surface area contributed by atoms with Crippen molar-refractivity contribution in [1.29, 1.82) is 0 Å². The van der Waals surface area contributed by atoms with Gasteiger partial charge in [-0.3, -0.25) is 4.90 Å². The molecular weight excluding hydrogens is 318 g/mol. The van der Waals surface area contributed by atoms with Crippen molar-refractivity contribution in [3.63, 3.8) is 0 Å². The van der Waals surface area contributed by atoms with Crippen LogP contribution in [0, 0.1) is 0 Å². The minimum absolute atomic E-state index is 0.763. The number of anilines is 1. The molecule has 0 amide bonds. The number of likely N-dealkylation sites (N-methyl/N-ethyl adjacent to an activating group) is 1. The SMILES string of the molecule is C=CC(=C)CN(CC(=C)C=CC(=C)N(C)C)Cc1ccc(N(C)C)cc1. The number of hydrogen-bond acceptors (Lipinski definition) is 3. The minimum atomic E-state index is 0.763. The largest absolute Gasteiger partial charge is 0.378 e. The fraction of sp³-hybridized carbons (Fsp3) is 0.304. The molecule has 0 heterocycles. The molecule has 1 aromatic carbocycles. The molecule has 1 rings (SSSR count). The van der Waals surface area contributed by atoms with Gasteiger partial charge in [0.05, 0.1) is 0 Å². The van der Waals surface area contributed by atoms with Gasteiger partial charge in [-0.1, -0.05) is 50.6 Å². The van der Waals surface area contributed by atoms with Gasteiger partial charge in [-0.15, -0.1) is 0 Å². The smallest absolute Gasteiger partial charge is 0.0361 e. The third kappa shape index (κ3) is 7.58. The van der Waals surface area contributed by atoms with Crippen LogP contribution >= 0.6 is 0 Å². The van der Waals surface area contributed by atoms with Crippen molar-refractivity contribution in [2.75, 3.05) is 46.2 Å². The summed E-state index contributed by atoms with van der Waals surface area (Å²) in [6.45, 7) is 18.4. The van der Waals surface area contributed by atoms with Crippen LogP contribution in [0.15, 0.2) is 85.7 Å². The summed E-state index contributed by atoms with van der Waals surface area (Å²) in [5.41, 5.74) is 5.46. The van der Waals surface area contributed by atoms with E-state index in [1.54, 1.807) is 0 Å². The summed E-state index contributed by atoms with van der Waals surface area (Å²) in [6, 6.07) is 8.63. The second-order valence-electron chi connectivity index (χ2n) is 6.95. The Bertz CT molecular complexity index is 663. The zero-order valence-corrected chi connectivity index (χ0v) is 16.8. The van der Waals surface area contributed by atoms with Gasteiger partial charge in [-0.2, -0.15) is 0 Å². The molecule has 0 radical (unpaired) electrons. The van der Waals surface area contributed by atoms with Gasteiger partial charge >= 0.3 is 0 Å². The Morgan fingerprint density at radius 1 is 0.885 bits per heavy atom. The normalized spacial score (nSPS) is 10.8. The van der Waals surface area contributed by atoms with E-state index in [4.69, 9.17) is 0 Å². The molecule has 0 atom stereocenters. The van der Waals surface area contributed by atoms with Gasteiger partial charge in [-0.05, 0) is 34.9 Å². The summed E-state index contributed by atoms with van der Waals surface area (Å²) in [5, 5.41) is 0. The van der Waals surface area contributed by atoms with E-state index in [1.165, 1.54) is 11.3 Å². The molecule has 0 aliphatic heterocycles. The quantitative estimate of drug-likeness (QED) is 0.544. The maximum Gasteiger partial charge on any atom is 0.0361 e. The first-order valence-electron chi connectivity index (χ1n) is 8.74.